The number of nitrogens with zero attached hydrogens (tertiary/aromatic N) is 1. The molecule has 0 radical (unpaired) electrons. The first-order chi connectivity index (χ1) is 16.5. The van der Waals surface area contributed by atoms with Crippen LogP contribution in [0.1, 0.15) is 43.4 Å². The van der Waals surface area contributed by atoms with Gasteiger partial charge in [0.25, 0.3) is 0 Å². The molecule has 1 N–H and O–H groups in total. The standard InChI is InChI=1S/C28H30N2O4/c1-20(23-15-8-11-21-10-6-7-14-24(21)23)29-25(31)18-28(22-12-4-3-5-13-22)19-26(32)30(27(28)33)16-9-17-34-2/h3-8,10-15,20H,9,16-19H2,1-2H3,(H,29,31). The molecule has 3 aromatic carbocycles. The third-order valence-corrected chi connectivity index (χ3v) is 6.59. The van der Waals surface area contributed by atoms with Crippen molar-refractivity contribution in [2.45, 2.75) is 37.6 Å². The maximum absolute atomic E-state index is 13.6. The number of methoxy groups -OCH3 is 1. The van der Waals surface area contributed by atoms with Gasteiger partial charge >= 0.3 is 0 Å². The maximum atomic E-state index is 13.6. The Morgan fingerprint density at radius 3 is 2.50 bits per heavy atom. The topological polar surface area (TPSA) is 75.7 Å². The van der Waals surface area contributed by atoms with Crippen LogP contribution in [0, 0.1) is 0 Å². The molecule has 34 heavy (non-hydrogen) atoms. The molecule has 0 aliphatic carbocycles. The number of ether oxygens (including phenoxy) is 1. The Balaban J connectivity index is 1.58. The van der Waals surface area contributed by atoms with Gasteiger partial charge in [-0.15, -0.1) is 0 Å². The van der Waals surface area contributed by atoms with Crippen LogP contribution in [0.15, 0.2) is 72.8 Å². The molecular weight excluding hydrogens is 428 g/mol. The van der Waals surface area contributed by atoms with Crippen molar-refractivity contribution in [1.29, 1.82) is 0 Å². The summed E-state index contributed by atoms with van der Waals surface area (Å²) in [5.41, 5.74) is 0.499. The van der Waals surface area contributed by atoms with E-state index in [4.69, 9.17) is 4.74 Å². The van der Waals surface area contributed by atoms with Crippen molar-refractivity contribution in [2.24, 2.45) is 0 Å². The van der Waals surface area contributed by atoms with Gasteiger partial charge in [-0.3, -0.25) is 19.3 Å². The second kappa shape index (κ2) is 10.2. The molecule has 2 unspecified atom stereocenters. The fourth-order valence-corrected chi connectivity index (χ4v) is 4.89. The normalized spacial score (nSPS) is 18.9. The van der Waals surface area contributed by atoms with Crippen molar-refractivity contribution in [3.8, 4) is 0 Å². The third-order valence-electron chi connectivity index (χ3n) is 6.59. The number of hydrogen-bond donors (Lipinski definition) is 1. The lowest BCUT2D eigenvalue weighted by Gasteiger charge is -2.28. The number of likely N-dealkylation sites (tertiary alicyclic amines) is 1. The van der Waals surface area contributed by atoms with Gasteiger partial charge < -0.3 is 10.1 Å². The maximum Gasteiger partial charge on any atom is 0.240 e. The monoisotopic (exact) mass is 458 g/mol. The van der Waals surface area contributed by atoms with E-state index < -0.39 is 5.41 Å². The van der Waals surface area contributed by atoms with E-state index in [0.717, 1.165) is 16.3 Å². The van der Waals surface area contributed by atoms with Gasteiger partial charge in [0.1, 0.15) is 0 Å². The average Bonchev–Trinajstić information content (AvgIpc) is 3.09. The molecule has 1 aliphatic rings. The Kier molecular flexibility index (Phi) is 7.08. The molecule has 1 fully saturated rings. The van der Waals surface area contributed by atoms with Gasteiger partial charge in [0, 0.05) is 33.1 Å². The van der Waals surface area contributed by atoms with Gasteiger partial charge in [-0.1, -0.05) is 72.8 Å². The molecule has 6 nitrogen and oxygen atoms in total. The van der Waals surface area contributed by atoms with Crippen molar-refractivity contribution >= 4 is 28.5 Å². The van der Waals surface area contributed by atoms with Gasteiger partial charge in [0.05, 0.1) is 11.5 Å². The average molecular weight is 459 g/mol. The van der Waals surface area contributed by atoms with E-state index >= 15 is 0 Å². The molecule has 0 spiro atoms. The summed E-state index contributed by atoms with van der Waals surface area (Å²) in [5, 5.41) is 5.25. The number of fused-ring (bicyclic) bond motifs is 1. The van der Waals surface area contributed by atoms with Crippen molar-refractivity contribution in [3.05, 3.63) is 83.9 Å². The van der Waals surface area contributed by atoms with E-state index in [9.17, 15) is 14.4 Å². The van der Waals surface area contributed by atoms with Gasteiger partial charge in [0.2, 0.25) is 17.7 Å². The van der Waals surface area contributed by atoms with Crippen LogP contribution in [0.25, 0.3) is 10.8 Å². The number of benzene rings is 3. The fourth-order valence-electron chi connectivity index (χ4n) is 4.89. The van der Waals surface area contributed by atoms with Crippen LogP contribution in [-0.2, 0) is 24.5 Å². The Morgan fingerprint density at radius 1 is 1.03 bits per heavy atom. The summed E-state index contributed by atoms with van der Waals surface area (Å²) in [4.78, 5) is 41.0. The van der Waals surface area contributed by atoms with Crippen molar-refractivity contribution < 1.29 is 19.1 Å². The molecule has 4 rings (SSSR count). The Bertz CT molecular complexity index is 1190. The molecular formula is C28H30N2O4. The lowest BCUT2D eigenvalue weighted by atomic mass is 9.75. The minimum absolute atomic E-state index is 0.0150. The summed E-state index contributed by atoms with van der Waals surface area (Å²) in [6.07, 6.45) is 0.458. The highest BCUT2D eigenvalue weighted by Gasteiger charge is 2.53. The molecule has 6 heteroatoms. The van der Waals surface area contributed by atoms with Crippen LogP contribution in [0.3, 0.4) is 0 Å². The molecule has 0 aromatic heterocycles. The van der Waals surface area contributed by atoms with Crippen LogP contribution in [0.5, 0.6) is 0 Å². The summed E-state index contributed by atoms with van der Waals surface area (Å²) in [7, 11) is 1.59. The molecule has 176 valence electrons. The fraction of sp³-hybridized carbons (Fsp3) is 0.321. The molecule has 1 heterocycles. The van der Waals surface area contributed by atoms with Crippen molar-refractivity contribution in [1.82, 2.24) is 10.2 Å². The predicted octanol–water partition coefficient (Wildman–Crippen LogP) is 4.14. The summed E-state index contributed by atoms with van der Waals surface area (Å²) in [6, 6.07) is 23.0. The van der Waals surface area contributed by atoms with Crippen molar-refractivity contribution in [3.63, 3.8) is 0 Å². The van der Waals surface area contributed by atoms with Gasteiger partial charge in [-0.2, -0.15) is 0 Å². The SMILES string of the molecule is COCCCN1C(=O)CC(CC(=O)NC(C)c2cccc3ccccc23)(c2ccccc2)C1=O. The summed E-state index contributed by atoms with van der Waals surface area (Å²) >= 11 is 0. The first-order valence-electron chi connectivity index (χ1n) is 11.6. The number of hydrogen-bond acceptors (Lipinski definition) is 4. The zero-order valence-electron chi connectivity index (χ0n) is 19.6. The number of rotatable bonds is 9. The van der Waals surface area contributed by atoms with E-state index in [2.05, 4.69) is 5.32 Å². The van der Waals surface area contributed by atoms with Crippen molar-refractivity contribution in [2.75, 3.05) is 20.3 Å². The van der Waals surface area contributed by atoms with Crippen LogP contribution in [0.2, 0.25) is 0 Å². The van der Waals surface area contributed by atoms with Crippen LogP contribution in [0.4, 0.5) is 0 Å². The highest BCUT2D eigenvalue weighted by molar-refractivity contribution is 6.10. The Morgan fingerprint density at radius 2 is 1.74 bits per heavy atom. The molecule has 3 aromatic rings. The third kappa shape index (κ3) is 4.59. The van der Waals surface area contributed by atoms with E-state index in [1.807, 2.05) is 79.7 Å². The lowest BCUT2D eigenvalue weighted by molar-refractivity contribution is -0.141. The Labute approximate surface area is 199 Å². The van der Waals surface area contributed by atoms with E-state index in [1.165, 1.54) is 4.90 Å². The first-order valence-corrected chi connectivity index (χ1v) is 11.6. The molecule has 1 aliphatic heterocycles. The minimum Gasteiger partial charge on any atom is -0.385 e. The molecule has 2 atom stereocenters. The molecule has 3 amide bonds. The number of carbonyl (C=O) groups is 3. The number of amides is 3. The van der Waals surface area contributed by atoms with Gasteiger partial charge in [-0.05, 0) is 35.2 Å². The highest BCUT2D eigenvalue weighted by atomic mass is 16.5. The Hall–Kier alpha value is -3.51. The molecule has 1 saturated heterocycles. The summed E-state index contributed by atoms with van der Waals surface area (Å²) in [5.74, 6) is -0.822. The summed E-state index contributed by atoms with van der Waals surface area (Å²) < 4.78 is 5.08. The zero-order valence-corrected chi connectivity index (χ0v) is 19.6. The van der Waals surface area contributed by atoms with E-state index in [0.29, 0.717) is 18.6 Å². The van der Waals surface area contributed by atoms with E-state index in [1.54, 1.807) is 7.11 Å². The zero-order chi connectivity index (χ0) is 24.1. The van der Waals surface area contributed by atoms with Gasteiger partial charge in [-0.25, -0.2) is 0 Å². The lowest BCUT2D eigenvalue weighted by Crippen LogP contribution is -2.43. The molecule has 0 saturated carbocycles. The minimum atomic E-state index is -1.20. The molecule has 0 bridgehead atoms. The first kappa shape index (κ1) is 23.6. The smallest absolute Gasteiger partial charge is 0.240 e. The van der Waals surface area contributed by atoms with Crippen LogP contribution in [-0.4, -0.2) is 42.9 Å². The number of imide groups is 1. The second-order valence-corrected chi connectivity index (χ2v) is 8.86. The second-order valence-electron chi connectivity index (χ2n) is 8.86. The number of nitrogens with one attached hydrogen (secondary N) is 1. The summed E-state index contributed by atoms with van der Waals surface area (Å²) in [6.45, 7) is 2.68. The van der Waals surface area contributed by atoms with E-state index in [-0.39, 0.29) is 43.1 Å². The highest BCUT2D eigenvalue weighted by Crippen LogP contribution is 2.40. The van der Waals surface area contributed by atoms with Crippen LogP contribution >= 0.6 is 0 Å². The number of carbonyl (C=O) groups excluding carboxylic acids is 3. The van der Waals surface area contributed by atoms with Gasteiger partial charge in [0.15, 0.2) is 0 Å². The van der Waals surface area contributed by atoms with Crippen LogP contribution < -0.4 is 5.32 Å². The predicted molar refractivity (Wildman–Crippen MR) is 131 cm³/mol. The quantitative estimate of drug-likeness (QED) is 0.386. The largest absolute Gasteiger partial charge is 0.385 e.